The second kappa shape index (κ2) is 6.65. The van der Waals surface area contributed by atoms with Crippen LogP contribution in [-0.4, -0.2) is 13.0 Å². The van der Waals surface area contributed by atoms with Crippen LogP contribution in [0.4, 0.5) is 5.69 Å². The number of nitrogens with one attached hydrogen (secondary N) is 1. The fourth-order valence-electron chi connectivity index (χ4n) is 1.56. The van der Waals surface area contributed by atoms with E-state index in [1.165, 1.54) is 0 Å². The standard InChI is InChI=1S/C14H18N2O2/c1-10(2)11-6-7-13(18-3)12(9-11)16-14(17)5-4-8-15/h6-7,9-10H,4-5H2,1-3H3,(H,16,17). The van der Waals surface area contributed by atoms with Gasteiger partial charge in [0.2, 0.25) is 5.91 Å². The quantitative estimate of drug-likeness (QED) is 0.868. The Morgan fingerprint density at radius 3 is 2.78 bits per heavy atom. The minimum atomic E-state index is -0.171. The highest BCUT2D eigenvalue weighted by Crippen LogP contribution is 2.28. The van der Waals surface area contributed by atoms with Crippen LogP contribution in [0.5, 0.6) is 5.75 Å². The second-order valence-corrected chi connectivity index (χ2v) is 4.32. The van der Waals surface area contributed by atoms with Gasteiger partial charge in [-0.2, -0.15) is 5.26 Å². The lowest BCUT2D eigenvalue weighted by atomic mass is 10.0. The van der Waals surface area contributed by atoms with Crippen LogP contribution in [0.3, 0.4) is 0 Å². The number of anilines is 1. The molecule has 0 bridgehead atoms. The van der Waals surface area contributed by atoms with Crippen LogP contribution in [-0.2, 0) is 4.79 Å². The zero-order valence-electron chi connectivity index (χ0n) is 11.0. The number of carbonyl (C=O) groups excluding carboxylic acids is 1. The van der Waals surface area contributed by atoms with Crippen LogP contribution >= 0.6 is 0 Å². The Hall–Kier alpha value is -2.02. The van der Waals surface area contributed by atoms with E-state index in [-0.39, 0.29) is 18.7 Å². The van der Waals surface area contributed by atoms with Crippen molar-refractivity contribution in [3.8, 4) is 11.8 Å². The van der Waals surface area contributed by atoms with Crippen LogP contribution in [0.1, 0.15) is 38.2 Å². The Kier molecular flexibility index (Phi) is 5.19. The Balaban J connectivity index is 2.88. The Bertz CT molecular complexity index is 461. The molecule has 1 rings (SSSR count). The molecule has 0 aliphatic heterocycles. The average Bonchev–Trinajstić information content (AvgIpc) is 2.36. The molecule has 0 atom stereocenters. The van der Waals surface area contributed by atoms with E-state index in [1.54, 1.807) is 7.11 Å². The van der Waals surface area contributed by atoms with Crippen molar-refractivity contribution in [2.75, 3.05) is 12.4 Å². The summed E-state index contributed by atoms with van der Waals surface area (Å²) in [6.07, 6.45) is 0.420. The Labute approximate surface area is 108 Å². The zero-order chi connectivity index (χ0) is 13.5. The molecular formula is C14H18N2O2. The van der Waals surface area contributed by atoms with E-state index in [2.05, 4.69) is 19.2 Å². The Morgan fingerprint density at radius 2 is 2.22 bits per heavy atom. The molecule has 1 aromatic carbocycles. The average molecular weight is 246 g/mol. The van der Waals surface area contributed by atoms with Gasteiger partial charge in [-0.15, -0.1) is 0 Å². The summed E-state index contributed by atoms with van der Waals surface area (Å²) in [7, 11) is 1.56. The van der Waals surface area contributed by atoms with Crippen LogP contribution in [0, 0.1) is 11.3 Å². The van der Waals surface area contributed by atoms with Gasteiger partial charge in [0.1, 0.15) is 5.75 Å². The third kappa shape index (κ3) is 3.77. The van der Waals surface area contributed by atoms with Gasteiger partial charge in [0.25, 0.3) is 0 Å². The van der Waals surface area contributed by atoms with Gasteiger partial charge in [-0.3, -0.25) is 4.79 Å². The lowest BCUT2D eigenvalue weighted by Crippen LogP contribution is -2.12. The fraction of sp³-hybridized carbons (Fsp3) is 0.429. The van der Waals surface area contributed by atoms with Gasteiger partial charge in [-0.1, -0.05) is 19.9 Å². The van der Waals surface area contributed by atoms with E-state index in [1.807, 2.05) is 24.3 Å². The zero-order valence-corrected chi connectivity index (χ0v) is 11.0. The van der Waals surface area contributed by atoms with E-state index < -0.39 is 0 Å². The van der Waals surface area contributed by atoms with Crippen molar-refractivity contribution in [2.45, 2.75) is 32.6 Å². The molecule has 0 fully saturated rings. The summed E-state index contributed by atoms with van der Waals surface area (Å²) >= 11 is 0. The number of benzene rings is 1. The first-order valence-electron chi connectivity index (χ1n) is 5.93. The SMILES string of the molecule is COc1ccc(C(C)C)cc1NC(=O)CCC#N. The summed E-state index contributed by atoms with van der Waals surface area (Å²) in [4.78, 5) is 11.6. The summed E-state index contributed by atoms with van der Waals surface area (Å²) in [5, 5.41) is 11.2. The van der Waals surface area contributed by atoms with Crippen molar-refractivity contribution >= 4 is 11.6 Å². The van der Waals surface area contributed by atoms with Gasteiger partial charge in [-0.05, 0) is 23.6 Å². The van der Waals surface area contributed by atoms with Crippen LogP contribution in [0.25, 0.3) is 0 Å². The van der Waals surface area contributed by atoms with Crippen molar-refractivity contribution < 1.29 is 9.53 Å². The van der Waals surface area contributed by atoms with Crippen molar-refractivity contribution in [3.05, 3.63) is 23.8 Å². The molecular weight excluding hydrogens is 228 g/mol. The molecule has 0 saturated carbocycles. The number of ether oxygens (including phenoxy) is 1. The van der Waals surface area contributed by atoms with Gasteiger partial charge in [0.15, 0.2) is 0 Å². The largest absolute Gasteiger partial charge is 0.495 e. The molecule has 0 aliphatic rings. The molecule has 1 amide bonds. The fourth-order valence-corrected chi connectivity index (χ4v) is 1.56. The van der Waals surface area contributed by atoms with Crippen LogP contribution < -0.4 is 10.1 Å². The number of hydrogen-bond acceptors (Lipinski definition) is 3. The summed E-state index contributed by atoms with van der Waals surface area (Å²) in [6.45, 7) is 4.17. The third-order valence-corrected chi connectivity index (χ3v) is 2.63. The van der Waals surface area contributed by atoms with Crippen molar-refractivity contribution in [3.63, 3.8) is 0 Å². The molecule has 1 aromatic rings. The lowest BCUT2D eigenvalue weighted by molar-refractivity contribution is -0.116. The molecule has 1 N–H and O–H groups in total. The highest BCUT2D eigenvalue weighted by atomic mass is 16.5. The molecule has 96 valence electrons. The molecule has 18 heavy (non-hydrogen) atoms. The monoisotopic (exact) mass is 246 g/mol. The molecule has 4 nitrogen and oxygen atoms in total. The van der Waals surface area contributed by atoms with Crippen molar-refractivity contribution in [2.24, 2.45) is 0 Å². The van der Waals surface area contributed by atoms with E-state index in [0.29, 0.717) is 17.4 Å². The van der Waals surface area contributed by atoms with E-state index in [4.69, 9.17) is 10.00 Å². The normalized spacial score (nSPS) is 9.94. The first-order valence-corrected chi connectivity index (χ1v) is 5.93. The summed E-state index contributed by atoms with van der Waals surface area (Å²) in [5.41, 5.74) is 1.79. The summed E-state index contributed by atoms with van der Waals surface area (Å²) in [6, 6.07) is 7.68. The number of methoxy groups -OCH3 is 1. The number of rotatable bonds is 5. The molecule has 0 aliphatic carbocycles. The number of amides is 1. The van der Waals surface area contributed by atoms with Gasteiger partial charge in [0.05, 0.1) is 18.9 Å². The molecule has 0 saturated heterocycles. The first kappa shape index (κ1) is 14.0. The summed E-state index contributed by atoms with van der Waals surface area (Å²) in [5.74, 6) is 0.839. The molecule has 0 heterocycles. The highest BCUT2D eigenvalue weighted by Gasteiger charge is 2.09. The number of carbonyl (C=O) groups is 1. The summed E-state index contributed by atoms with van der Waals surface area (Å²) < 4.78 is 5.21. The molecule has 0 unspecified atom stereocenters. The molecule has 0 aromatic heterocycles. The van der Waals surface area contributed by atoms with Gasteiger partial charge < -0.3 is 10.1 Å². The molecule has 0 radical (unpaired) electrons. The van der Waals surface area contributed by atoms with Crippen molar-refractivity contribution in [1.29, 1.82) is 5.26 Å². The lowest BCUT2D eigenvalue weighted by Gasteiger charge is -2.13. The minimum Gasteiger partial charge on any atom is -0.495 e. The van der Waals surface area contributed by atoms with Crippen LogP contribution in [0.15, 0.2) is 18.2 Å². The smallest absolute Gasteiger partial charge is 0.225 e. The predicted molar refractivity (Wildman–Crippen MR) is 70.6 cm³/mol. The molecule has 4 heteroatoms. The number of hydrogen-bond donors (Lipinski definition) is 1. The maximum Gasteiger partial charge on any atom is 0.225 e. The van der Waals surface area contributed by atoms with Gasteiger partial charge in [-0.25, -0.2) is 0 Å². The van der Waals surface area contributed by atoms with Crippen molar-refractivity contribution in [1.82, 2.24) is 0 Å². The number of nitrogens with zero attached hydrogens (tertiary/aromatic N) is 1. The Morgan fingerprint density at radius 1 is 1.50 bits per heavy atom. The van der Waals surface area contributed by atoms with Gasteiger partial charge in [0, 0.05) is 12.8 Å². The first-order chi connectivity index (χ1) is 8.58. The van der Waals surface area contributed by atoms with E-state index in [0.717, 1.165) is 5.56 Å². The molecule has 0 spiro atoms. The number of nitriles is 1. The van der Waals surface area contributed by atoms with Crippen LogP contribution in [0.2, 0.25) is 0 Å². The third-order valence-electron chi connectivity index (χ3n) is 2.63. The van der Waals surface area contributed by atoms with E-state index in [9.17, 15) is 4.79 Å². The van der Waals surface area contributed by atoms with E-state index >= 15 is 0 Å². The van der Waals surface area contributed by atoms with Gasteiger partial charge >= 0.3 is 0 Å². The topological polar surface area (TPSA) is 62.1 Å². The minimum absolute atomic E-state index is 0.171. The highest BCUT2D eigenvalue weighted by molar-refractivity contribution is 5.92. The second-order valence-electron chi connectivity index (χ2n) is 4.32. The maximum atomic E-state index is 11.6. The maximum absolute atomic E-state index is 11.6. The predicted octanol–water partition coefficient (Wildman–Crippen LogP) is 3.06.